The first-order chi connectivity index (χ1) is 14.0. The Kier molecular flexibility index (Phi) is 7.96. The molecule has 0 N–H and O–H groups in total. The Bertz CT molecular complexity index is 963. The van der Waals surface area contributed by atoms with Crippen molar-refractivity contribution in [2.45, 2.75) is 6.61 Å². The first kappa shape index (κ1) is 21.7. The first-order valence-corrected chi connectivity index (χ1v) is 10.1. The van der Waals surface area contributed by atoms with Crippen molar-refractivity contribution in [3.8, 4) is 23.0 Å². The summed E-state index contributed by atoms with van der Waals surface area (Å²) < 4.78 is 17.3. The Labute approximate surface area is 189 Å². The molecule has 3 rings (SSSR count). The molecular weight excluding hydrogens is 454 g/mol. The van der Waals surface area contributed by atoms with Crippen molar-refractivity contribution < 1.29 is 14.2 Å². The van der Waals surface area contributed by atoms with Gasteiger partial charge in [0.1, 0.15) is 35.0 Å². The van der Waals surface area contributed by atoms with Crippen LogP contribution in [0.3, 0.4) is 0 Å². The molecule has 0 amide bonds. The van der Waals surface area contributed by atoms with Gasteiger partial charge in [-0.05, 0) is 35.9 Å². The van der Waals surface area contributed by atoms with E-state index in [4.69, 9.17) is 60.6 Å². The predicted octanol–water partition coefficient (Wildman–Crippen LogP) is 8.06. The molecule has 29 heavy (non-hydrogen) atoms. The monoisotopic (exact) mass is 468 g/mol. The van der Waals surface area contributed by atoms with E-state index >= 15 is 0 Å². The maximum atomic E-state index is 6.30. The standard InChI is InChI=1S/C22H16Cl4O3/c23-19-12-18(27-10-9-21(25)26)13-20(24)22(19)28-14-15-5-4-8-17(11-15)29-16-6-2-1-3-7-16/h1-9,11-13H,10,14H2. The van der Waals surface area contributed by atoms with E-state index in [1.54, 1.807) is 12.1 Å². The van der Waals surface area contributed by atoms with Crippen molar-refractivity contribution >= 4 is 46.4 Å². The second kappa shape index (κ2) is 10.7. The van der Waals surface area contributed by atoms with E-state index in [9.17, 15) is 0 Å². The van der Waals surface area contributed by atoms with Crippen LogP contribution in [0.15, 0.2) is 77.3 Å². The molecule has 0 fully saturated rings. The van der Waals surface area contributed by atoms with Gasteiger partial charge >= 0.3 is 0 Å². The number of benzene rings is 3. The normalized spacial score (nSPS) is 10.3. The minimum Gasteiger partial charge on any atom is -0.489 e. The van der Waals surface area contributed by atoms with E-state index < -0.39 is 0 Å². The fourth-order valence-corrected chi connectivity index (χ4v) is 3.14. The molecule has 0 spiro atoms. The van der Waals surface area contributed by atoms with Crippen molar-refractivity contribution in [2.75, 3.05) is 6.61 Å². The Hall–Kier alpha value is -2.04. The van der Waals surface area contributed by atoms with Gasteiger partial charge < -0.3 is 14.2 Å². The lowest BCUT2D eigenvalue weighted by atomic mass is 10.2. The van der Waals surface area contributed by atoms with Gasteiger partial charge in [-0.1, -0.05) is 76.7 Å². The van der Waals surface area contributed by atoms with Gasteiger partial charge in [0.15, 0.2) is 5.75 Å². The Morgan fingerprint density at radius 3 is 2.14 bits per heavy atom. The molecule has 0 bridgehead atoms. The van der Waals surface area contributed by atoms with Crippen molar-refractivity contribution in [1.82, 2.24) is 0 Å². The van der Waals surface area contributed by atoms with Crippen LogP contribution in [0.2, 0.25) is 10.0 Å². The molecule has 3 nitrogen and oxygen atoms in total. The van der Waals surface area contributed by atoms with E-state index in [2.05, 4.69) is 0 Å². The van der Waals surface area contributed by atoms with E-state index in [0.29, 0.717) is 27.3 Å². The van der Waals surface area contributed by atoms with Crippen molar-refractivity contribution in [3.63, 3.8) is 0 Å². The second-order valence-electron chi connectivity index (χ2n) is 5.87. The Morgan fingerprint density at radius 1 is 0.759 bits per heavy atom. The van der Waals surface area contributed by atoms with Gasteiger partial charge in [-0.15, -0.1) is 0 Å². The summed E-state index contributed by atoms with van der Waals surface area (Å²) in [6.07, 6.45) is 1.51. The molecule has 0 aliphatic carbocycles. The van der Waals surface area contributed by atoms with Crippen LogP contribution in [-0.2, 0) is 6.61 Å². The van der Waals surface area contributed by atoms with Crippen molar-refractivity contribution in [2.24, 2.45) is 0 Å². The molecule has 3 aromatic rings. The van der Waals surface area contributed by atoms with Crippen LogP contribution in [0.25, 0.3) is 0 Å². The zero-order valence-corrected chi connectivity index (χ0v) is 18.1. The summed E-state index contributed by atoms with van der Waals surface area (Å²) >= 11 is 23.7. The van der Waals surface area contributed by atoms with Crippen LogP contribution in [-0.4, -0.2) is 6.61 Å². The maximum Gasteiger partial charge on any atom is 0.157 e. The van der Waals surface area contributed by atoms with Crippen molar-refractivity contribution in [3.05, 3.63) is 92.9 Å². The third-order valence-electron chi connectivity index (χ3n) is 3.72. The van der Waals surface area contributed by atoms with Crippen LogP contribution in [0, 0.1) is 0 Å². The summed E-state index contributed by atoms with van der Waals surface area (Å²) in [4.78, 5) is 0. The highest BCUT2D eigenvalue weighted by Crippen LogP contribution is 2.37. The average Bonchev–Trinajstić information content (AvgIpc) is 2.68. The lowest BCUT2D eigenvalue weighted by Gasteiger charge is -2.13. The molecule has 150 valence electrons. The average molecular weight is 470 g/mol. The molecule has 0 aromatic heterocycles. The number of halogens is 4. The fourth-order valence-electron chi connectivity index (χ4n) is 2.44. The Morgan fingerprint density at radius 2 is 1.45 bits per heavy atom. The highest BCUT2D eigenvalue weighted by Gasteiger charge is 2.11. The molecule has 7 heteroatoms. The second-order valence-corrected chi connectivity index (χ2v) is 7.69. The number of ether oxygens (including phenoxy) is 3. The molecule has 3 aromatic carbocycles. The molecule has 0 aliphatic heterocycles. The molecule has 0 atom stereocenters. The van der Waals surface area contributed by atoms with Gasteiger partial charge in [-0.25, -0.2) is 0 Å². The SMILES string of the molecule is ClC(Cl)=CCOc1cc(Cl)c(OCc2cccc(Oc3ccccc3)c2)c(Cl)c1. The molecule has 0 unspecified atom stereocenters. The number of para-hydroxylation sites is 1. The van der Waals surface area contributed by atoms with Gasteiger partial charge in [-0.3, -0.25) is 0 Å². The molecule has 0 saturated heterocycles. The summed E-state index contributed by atoms with van der Waals surface area (Å²) in [6, 6.07) is 20.4. The predicted molar refractivity (Wildman–Crippen MR) is 119 cm³/mol. The zero-order valence-electron chi connectivity index (χ0n) is 15.1. The van der Waals surface area contributed by atoms with Gasteiger partial charge in [-0.2, -0.15) is 0 Å². The minimum atomic E-state index is 0.126. The number of hydrogen-bond acceptors (Lipinski definition) is 3. The maximum absolute atomic E-state index is 6.30. The molecule has 0 aliphatic rings. The number of rotatable bonds is 8. The van der Waals surface area contributed by atoms with Crippen LogP contribution in [0.5, 0.6) is 23.0 Å². The summed E-state index contributed by atoms with van der Waals surface area (Å²) in [5.74, 6) is 2.33. The minimum absolute atomic E-state index is 0.126. The van der Waals surface area contributed by atoms with Crippen LogP contribution >= 0.6 is 46.4 Å². The largest absolute Gasteiger partial charge is 0.489 e. The third kappa shape index (κ3) is 6.76. The molecule has 0 radical (unpaired) electrons. The van der Waals surface area contributed by atoms with Crippen LogP contribution < -0.4 is 14.2 Å². The van der Waals surface area contributed by atoms with Crippen LogP contribution in [0.1, 0.15) is 5.56 Å². The summed E-state index contributed by atoms with van der Waals surface area (Å²) in [5.41, 5.74) is 0.910. The topological polar surface area (TPSA) is 27.7 Å². The summed E-state index contributed by atoms with van der Waals surface area (Å²) in [6.45, 7) is 0.472. The highest BCUT2D eigenvalue weighted by atomic mass is 35.5. The van der Waals surface area contributed by atoms with E-state index in [1.165, 1.54) is 6.08 Å². The summed E-state index contributed by atoms with van der Waals surface area (Å²) in [5, 5.41) is 0.676. The van der Waals surface area contributed by atoms with Crippen LogP contribution in [0.4, 0.5) is 0 Å². The smallest absolute Gasteiger partial charge is 0.157 e. The van der Waals surface area contributed by atoms with Gasteiger partial charge in [0.05, 0.1) is 10.0 Å². The molecule has 0 saturated carbocycles. The quantitative estimate of drug-likeness (QED) is 0.333. The molecular formula is C22H16Cl4O3. The Balaban J connectivity index is 1.65. The third-order valence-corrected chi connectivity index (χ3v) is 4.59. The lowest BCUT2D eigenvalue weighted by Crippen LogP contribution is -1.99. The lowest BCUT2D eigenvalue weighted by molar-refractivity contribution is 0.304. The van der Waals surface area contributed by atoms with E-state index in [-0.39, 0.29) is 17.7 Å². The summed E-state index contributed by atoms with van der Waals surface area (Å²) in [7, 11) is 0. The van der Waals surface area contributed by atoms with Gasteiger partial charge in [0, 0.05) is 12.1 Å². The zero-order chi connectivity index (χ0) is 20.6. The van der Waals surface area contributed by atoms with E-state index in [0.717, 1.165) is 11.3 Å². The fraction of sp³-hybridized carbons (Fsp3) is 0.0909. The van der Waals surface area contributed by atoms with Gasteiger partial charge in [0.25, 0.3) is 0 Å². The van der Waals surface area contributed by atoms with Gasteiger partial charge in [0.2, 0.25) is 0 Å². The van der Waals surface area contributed by atoms with E-state index in [1.807, 2.05) is 54.6 Å². The highest BCUT2D eigenvalue weighted by molar-refractivity contribution is 6.55. The molecule has 0 heterocycles. The number of hydrogen-bond donors (Lipinski definition) is 0. The van der Waals surface area contributed by atoms with Crippen molar-refractivity contribution in [1.29, 1.82) is 0 Å². The first-order valence-electron chi connectivity index (χ1n) is 8.59.